The zero-order valence-electron chi connectivity index (χ0n) is 22.5. The standard InChI is InChI=1S/C31H30N6O3S/c32-25-17-21-9-14-37(24-4-2-12-33-26(24)27(21)41-25)30(39)20-5-7-22(8-6-20)35-29(38)23-3-1-13-34-28(23)36-18-31(19-36)10-15-40-16-11-31/h1-8,12-13,17H,9-11,14-16,18-19,32H2,(H,35,38). The third kappa shape index (κ3) is 4.72. The van der Waals surface area contributed by atoms with Gasteiger partial charge in [-0.3, -0.25) is 14.6 Å². The first-order valence-corrected chi connectivity index (χ1v) is 14.7. The molecule has 1 spiro atoms. The Kier molecular flexibility index (Phi) is 6.44. The number of hydrogen-bond acceptors (Lipinski definition) is 8. The van der Waals surface area contributed by atoms with E-state index in [0.717, 1.165) is 66.0 Å². The maximum Gasteiger partial charge on any atom is 0.259 e. The summed E-state index contributed by atoms with van der Waals surface area (Å²) in [5.41, 5.74) is 10.7. The van der Waals surface area contributed by atoms with Crippen LogP contribution in [-0.2, 0) is 11.2 Å². The number of nitrogens with one attached hydrogen (secondary N) is 1. The van der Waals surface area contributed by atoms with Crippen LogP contribution in [0.5, 0.6) is 0 Å². The van der Waals surface area contributed by atoms with Gasteiger partial charge in [-0.2, -0.15) is 0 Å². The lowest BCUT2D eigenvalue weighted by atomic mass is 9.73. The van der Waals surface area contributed by atoms with Gasteiger partial charge in [-0.15, -0.1) is 11.3 Å². The molecule has 2 fully saturated rings. The minimum Gasteiger partial charge on any atom is -0.391 e. The summed E-state index contributed by atoms with van der Waals surface area (Å²) in [5.74, 6) is 0.366. The molecule has 9 nitrogen and oxygen atoms in total. The van der Waals surface area contributed by atoms with Crippen LogP contribution in [-0.4, -0.2) is 54.6 Å². The number of thiophene rings is 1. The van der Waals surface area contributed by atoms with Gasteiger partial charge in [-0.05, 0) is 79.4 Å². The number of hydrogen-bond donors (Lipinski definition) is 2. The molecule has 3 aliphatic rings. The number of nitrogen functional groups attached to an aromatic ring is 1. The van der Waals surface area contributed by atoms with Gasteiger partial charge in [0.1, 0.15) is 11.5 Å². The first kappa shape index (κ1) is 25.7. The van der Waals surface area contributed by atoms with Gasteiger partial charge in [0.15, 0.2) is 0 Å². The normalized spacial score (nSPS) is 17.3. The molecule has 208 valence electrons. The Hall–Kier alpha value is -4.28. The van der Waals surface area contributed by atoms with E-state index in [1.165, 1.54) is 11.3 Å². The predicted molar refractivity (Wildman–Crippen MR) is 161 cm³/mol. The Bertz CT molecular complexity index is 1620. The molecule has 3 aliphatic heterocycles. The van der Waals surface area contributed by atoms with Crippen molar-refractivity contribution >= 4 is 45.3 Å². The fraction of sp³-hybridized carbons (Fsp3) is 0.290. The zero-order valence-corrected chi connectivity index (χ0v) is 23.3. The fourth-order valence-electron chi connectivity index (χ4n) is 6.10. The van der Waals surface area contributed by atoms with Crippen LogP contribution in [0.15, 0.2) is 67.0 Å². The number of anilines is 4. The van der Waals surface area contributed by atoms with E-state index in [-0.39, 0.29) is 17.2 Å². The molecule has 1 aromatic carbocycles. The molecule has 2 amide bonds. The summed E-state index contributed by atoms with van der Waals surface area (Å²) < 4.78 is 5.53. The predicted octanol–water partition coefficient (Wildman–Crippen LogP) is 4.86. The lowest BCUT2D eigenvalue weighted by molar-refractivity contribution is -0.000509. The maximum atomic E-state index is 13.7. The minimum absolute atomic E-state index is 0.116. The van der Waals surface area contributed by atoms with Gasteiger partial charge in [-0.25, -0.2) is 4.98 Å². The molecule has 10 heteroatoms. The van der Waals surface area contributed by atoms with Crippen molar-refractivity contribution < 1.29 is 14.3 Å². The number of benzene rings is 1. The fourth-order valence-corrected chi connectivity index (χ4v) is 7.08. The molecular weight excluding hydrogens is 536 g/mol. The van der Waals surface area contributed by atoms with Crippen molar-refractivity contribution in [3.63, 3.8) is 0 Å². The zero-order chi connectivity index (χ0) is 28.0. The molecule has 7 rings (SSSR count). The van der Waals surface area contributed by atoms with Crippen molar-refractivity contribution in [1.82, 2.24) is 9.97 Å². The maximum absolute atomic E-state index is 13.7. The van der Waals surface area contributed by atoms with Gasteiger partial charge in [0.25, 0.3) is 11.8 Å². The first-order valence-electron chi connectivity index (χ1n) is 13.8. The van der Waals surface area contributed by atoms with E-state index in [1.807, 2.05) is 24.3 Å². The Morgan fingerprint density at radius 3 is 2.56 bits per heavy atom. The number of rotatable bonds is 4. The van der Waals surface area contributed by atoms with Crippen molar-refractivity contribution in [3.8, 4) is 10.6 Å². The molecule has 0 atom stereocenters. The Morgan fingerprint density at radius 1 is 1.00 bits per heavy atom. The van der Waals surface area contributed by atoms with Crippen LogP contribution in [0.2, 0.25) is 0 Å². The Balaban J connectivity index is 1.06. The summed E-state index contributed by atoms with van der Waals surface area (Å²) >= 11 is 1.50. The van der Waals surface area contributed by atoms with Crippen LogP contribution >= 0.6 is 11.3 Å². The Morgan fingerprint density at radius 2 is 1.76 bits per heavy atom. The number of nitrogens with zero attached hydrogens (tertiary/aromatic N) is 4. The van der Waals surface area contributed by atoms with Crippen molar-refractivity contribution in [3.05, 3.63) is 83.7 Å². The third-order valence-corrected chi connectivity index (χ3v) is 9.31. The second kappa shape index (κ2) is 10.3. The van der Waals surface area contributed by atoms with Gasteiger partial charge in [0.2, 0.25) is 0 Å². The highest BCUT2D eigenvalue weighted by Gasteiger charge is 2.45. The molecule has 0 radical (unpaired) electrons. The Labute approximate surface area is 242 Å². The molecule has 41 heavy (non-hydrogen) atoms. The number of fused-ring (bicyclic) bond motifs is 3. The molecule has 6 heterocycles. The highest BCUT2D eigenvalue weighted by Crippen LogP contribution is 2.43. The summed E-state index contributed by atoms with van der Waals surface area (Å²) in [6, 6.07) is 16.4. The minimum atomic E-state index is -0.224. The van der Waals surface area contributed by atoms with Gasteiger partial charge < -0.3 is 25.6 Å². The molecule has 2 saturated heterocycles. The van der Waals surface area contributed by atoms with Gasteiger partial charge in [-0.1, -0.05) is 0 Å². The topological polar surface area (TPSA) is 114 Å². The molecule has 4 aromatic rings. The monoisotopic (exact) mass is 566 g/mol. The molecule has 3 aromatic heterocycles. The van der Waals surface area contributed by atoms with Crippen LogP contribution in [0.3, 0.4) is 0 Å². The molecule has 0 saturated carbocycles. The summed E-state index contributed by atoms with van der Waals surface area (Å²) in [6.07, 6.45) is 6.26. The third-order valence-electron chi connectivity index (χ3n) is 8.30. The number of carbonyl (C=O) groups excluding carboxylic acids is 2. The number of ether oxygens (including phenoxy) is 1. The molecule has 3 N–H and O–H groups in total. The van der Waals surface area contributed by atoms with E-state index >= 15 is 0 Å². The van der Waals surface area contributed by atoms with Crippen molar-refractivity contribution in [1.29, 1.82) is 0 Å². The quantitative estimate of drug-likeness (QED) is 0.363. The van der Waals surface area contributed by atoms with Crippen LogP contribution in [0.1, 0.15) is 39.1 Å². The molecule has 0 aliphatic carbocycles. The van der Waals surface area contributed by atoms with E-state index in [9.17, 15) is 9.59 Å². The van der Waals surface area contributed by atoms with Gasteiger partial charge in [0, 0.05) is 61.9 Å². The highest BCUT2D eigenvalue weighted by atomic mass is 32.1. The second-order valence-electron chi connectivity index (χ2n) is 11.0. The van der Waals surface area contributed by atoms with Gasteiger partial charge >= 0.3 is 0 Å². The number of nitrogens with two attached hydrogens (primary N) is 1. The van der Waals surface area contributed by atoms with Crippen molar-refractivity contribution in [2.45, 2.75) is 19.3 Å². The smallest absolute Gasteiger partial charge is 0.259 e. The van der Waals surface area contributed by atoms with Gasteiger partial charge in [0.05, 0.1) is 21.1 Å². The van der Waals surface area contributed by atoms with E-state index < -0.39 is 0 Å². The largest absolute Gasteiger partial charge is 0.391 e. The summed E-state index contributed by atoms with van der Waals surface area (Å²) in [5, 5.41) is 3.73. The lowest BCUT2D eigenvalue weighted by Crippen LogP contribution is -2.59. The van der Waals surface area contributed by atoms with E-state index in [0.29, 0.717) is 35.6 Å². The first-order chi connectivity index (χ1) is 20.0. The average Bonchev–Trinajstić information content (AvgIpc) is 3.29. The molecule has 0 unspecified atom stereocenters. The number of amides is 2. The number of pyridine rings is 2. The average molecular weight is 567 g/mol. The van der Waals surface area contributed by atoms with E-state index in [2.05, 4.69) is 20.2 Å². The highest BCUT2D eigenvalue weighted by molar-refractivity contribution is 7.19. The van der Waals surface area contributed by atoms with E-state index in [4.69, 9.17) is 10.5 Å². The van der Waals surface area contributed by atoms with Crippen LogP contribution in [0.4, 0.5) is 22.2 Å². The van der Waals surface area contributed by atoms with Crippen molar-refractivity contribution in [2.75, 3.05) is 53.7 Å². The second-order valence-corrected chi connectivity index (χ2v) is 12.0. The summed E-state index contributed by atoms with van der Waals surface area (Å²) in [7, 11) is 0. The summed E-state index contributed by atoms with van der Waals surface area (Å²) in [4.78, 5) is 41.1. The molecule has 0 bridgehead atoms. The molecular formula is C31H30N6O3S. The SMILES string of the molecule is Nc1cc2c(s1)-c1ncccc1N(C(=O)c1ccc(NC(=O)c3cccnc3N3CC4(CCOCC4)C3)cc1)CC2. The van der Waals surface area contributed by atoms with Crippen LogP contribution in [0.25, 0.3) is 10.6 Å². The summed E-state index contributed by atoms with van der Waals surface area (Å²) in [6.45, 7) is 3.90. The number of aromatic nitrogens is 2. The lowest BCUT2D eigenvalue weighted by Gasteiger charge is -2.53. The van der Waals surface area contributed by atoms with E-state index in [1.54, 1.807) is 47.6 Å². The number of carbonyl (C=O) groups is 2. The van der Waals surface area contributed by atoms with Crippen LogP contribution < -0.4 is 20.9 Å². The van der Waals surface area contributed by atoms with Crippen LogP contribution in [0, 0.1) is 5.41 Å². The van der Waals surface area contributed by atoms with Crippen molar-refractivity contribution in [2.24, 2.45) is 5.41 Å².